The highest BCUT2D eigenvalue weighted by atomic mass is 15.1. The van der Waals surface area contributed by atoms with Crippen LogP contribution in [0.3, 0.4) is 0 Å². The fraction of sp³-hybridized carbons (Fsp3) is 0.529. The molecule has 0 spiro atoms. The molecule has 0 saturated carbocycles. The summed E-state index contributed by atoms with van der Waals surface area (Å²) in [6.07, 6.45) is 3.78. The molecule has 0 aromatic carbocycles. The van der Waals surface area contributed by atoms with Gasteiger partial charge in [-0.15, -0.1) is 0 Å². The second-order valence-electron chi connectivity index (χ2n) is 6.28. The van der Waals surface area contributed by atoms with E-state index in [0.717, 1.165) is 30.4 Å². The van der Waals surface area contributed by atoms with Gasteiger partial charge >= 0.3 is 0 Å². The Balaban J connectivity index is 2.28. The van der Waals surface area contributed by atoms with Gasteiger partial charge in [-0.2, -0.15) is 0 Å². The number of aromatic nitrogens is 3. The van der Waals surface area contributed by atoms with Gasteiger partial charge in [0.25, 0.3) is 0 Å². The van der Waals surface area contributed by atoms with Crippen LogP contribution in [0.4, 0.5) is 0 Å². The molecule has 0 bridgehead atoms. The van der Waals surface area contributed by atoms with Gasteiger partial charge in [-0.05, 0) is 43.0 Å². The van der Waals surface area contributed by atoms with Crippen LogP contribution in [-0.2, 0) is 6.54 Å². The molecular formula is C17H26N4. The van der Waals surface area contributed by atoms with E-state index in [9.17, 15) is 0 Å². The van der Waals surface area contributed by atoms with Crippen molar-refractivity contribution >= 4 is 0 Å². The lowest BCUT2D eigenvalue weighted by molar-refractivity contribution is 0.551. The first-order valence-corrected chi connectivity index (χ1v) is 7.69. The van der Waals surface area contributed by atoms with Crippen molar-refractivity contribution in [3.63, 3.8) is 0 Å². The summed E-state index contributed by atoms with van der Waals surface area (Å²) in [7, 11) is 0. The third-order valence-electron chi connectivity index (χ3n) is 3.44. The van der Waals surface area contributed by atoms with Gasteiger partial charge in [0.1, 0.15) is 11.6 Å². The maximum atomic E-state index is 4.77. The summed E-state index contributed by atoms with van der Waals surface area (Å²) in [6, 6.07) is 4.35. The largest absolute Gasteiger partial charge is 0.312 e. The molecule has 4 heteroatoms. The van der Waals surface area contributed by atoms with Gasteiger partial charge < -0.3 is 5.32 Å². The summed E-state index contributed by atoms with van der Waals surface area (Å²) in [5, 5.41) is 3.50. The monoisotopic (exact) mass is 286 g/mol. The van der Waals surface area contributed by atoms with Crippen LogP contribution in [0, 0.1) is 12.8 Å². The Morgan fingerprint density at radius 2 is 1.95 bits per heavy atom. The average molecular weight is 286 g/mol. The molecule has 114 valence electrons. The molecule has 2 heterocycles. The van der Waals surface area contributed by atoms with Gasteiger partial charge in [0, 0.05) is 24.6 Å². The van der Waals surface area contributed by atoms with Crippen molar-refractivity contribution < 1.29 is 0 Å². The summed E-state index contributed by atoms with van der Waals surface area (Å²) >= 11 is 0. The maximum Gasteiger partial charge on any atom is 0.138 e. The number of nitrogens with one attached hydrogen (secondary N) is 1. The molecule has 2 aromatic rings. The SMILES string of the molecule is Cc1nccn1-c1cc(CNCC(C)C)cc(C(C)C)n1. The third kappa shape index (κ3) is 4.14. The highest BCUT2D eigenvalue weighted by Gasteiger charge is 2.09. The minimum atomic E-state index is 0.414. The summed E-state index contributed by atoms with van der Waals surface area (Å²) < 4.78 is 2.04. The first-order chi connectivity index (χ1) is 9.97. The Bertz CT molecular complexity index is 584. The molecule has 21 heavy (non-hydrogen) atoms. The van der Waals surface area contributed by atoms with Crippen molar-refractivity contribution in [3.05, 3.63) is 41.6 Å². The van der Waals surface area contributed by atoms with Crippen molar-refractivity contribution in [3.8, 4) is 5.82 Å². The quantitative estimate of drug-likeness (QED) is 0.884. The lowest BCUT2D eigenvalue weighted by Gasteiger charge is -2.14. The Morgan fingerprint density at radius 3 is 2.52 bits per heavy atom. The summed E-state index contributed by atoms with van der Waals surface area (Å²) in [6.45, 7) is 12.7. The maximum absolute atomic E-state index is 4.77. The van der Waals surface area contributed by atoms with E-state index in [1.54, 1.807) is 0 Å². The van der Waals surface area contributed by atoms with E-state index >= 15 is 0 Å². The molecule has 2 aromatic heterocycles. The van der Waals surface area contributed by atoms with Gasteiger partial charge in [-0.25, -0.2) is 9.97 Å². The molecule has 4 nitrogen and oxygen atoms in total. The van der Waals surface area contributed by atoms with Crippen molar-refractivity contribution in [2.24, 2.45) is 5.92 Å². The molecule has 0 aliphatic carbocycles. The molecule has 0 aliphatic heterocycles. The highest BCUT2D eigenvalue weighted by molar-refractivity contribution is 5.33. The minimum absolute atomic E-state index is 0.414. The van der Waals surface area contributed by atoms with Crippen molar-refractivity contribution in [2.45, 2.75) is 47.1 Å². The molecular weight excluding hydrogens is 260 g/mol. The first kappa shape index (κ1) is 15.7. The van der Waals surface area contributed by atoms with Gasteiger partial charge in [0.2, 0.25) is 0 Å². The molecule has 0 fully saturated rings. The Morgan fingerprint density at radius 1 is 1.19 bits per heavy atom. The second kappa shape index (κ2) is 6.85. The molecule has 2 rings (SSSR count). The lowest BCUT2D eigenvalue weighted by Crippen LogP contribution is -2.19. The molecule has 0 unspecified atom stereocenters. The smallest absolute Gasteiger partial charge is 0.138 e. The lowest BCUT2D eigenvalue weighted by atomic mass is 10.1. The van der Waals surface area contributed by atoms with E-state index < -0.39 is 0 Å². The Labute approximate surface area is 127 Å². The number of pyridine rings is 1. The predicted molar refractivity (Wildman–Crippen MR) is 86.7 cm³/mol. The molecule has 1 N–H and O–H groups in total. The Kier molecular flexibility index (Phi) is 5.12. The third-order valence-corrected chi connectivity index (χ3v) is 3.44. The first-order valence-electron chi connectivity index (χ1n) is 7.69. The van der Waals surface area contributed by atoms with Crippen LogP contribution >= 0.6 is 0 Å². The van der Waals surface area contributed by atoms with Crippen LogP contribution in [0.5, 0.6) is 0 Å². The minimum Gasteiger partial charge on any atom is -0.312 e. The number of imidazole rings is 1. The standard InChI is InChI=1S/C17H26N4/c1-12(2)10-18-11-15-8-16(13(3)4)20-17(9-15)21-7-6-19-14(21)5/h6-9,12-13,18H,10-11H2,1-5H3. The molecule has 0 radical (unpaired) electrons. The number of aryl methyl sites for hydroxylation is 1. The zero-order valence-electron chi connectivity index (χ0n) is 13.7. The van der Waals surface area contributed by atoms with Gasteiger partial charge in [0.15, 0.2) is 0 Å². The van der Waals surface area contributed by atoms with Gasteiger partial charge in [0.05, 0.1) is 0 Å². The zero-order chi connectivity index (χ0) is 15.4. The van der Waals surface area contributed by atoms with Crippen molar-refractivity contribution in [2.75, 3.05) is 6.54 Å². The summed E-state index contributed by atoms with van der Waals surface area (Å²) in [5.74, 6) is 2.99. The zero-order valence-corrected chi connectivity index (χ0v) is 13.7. The van der Waals surface area contributed by atoms with Crippen LogP contribution in [0.1, 0.15) is 50.7 Å². The fourth-order valence-corrected chi connectivity index (χ4v) is 2.24. The van der Waals surface area contributed by atoms with Gasteiger partial charge in [-0.3, -0.25) is 4.57 Å². The normalized spacial score (nSPS) is 11.6. The molecule has 0 saturated heterocycles. The molecule has 0 atom stereocenters. The average Bonchev–Trinajstić information content (AvgIpc) is 2.84. The molecule has 0 aliphatic rings. The number of rotatable bonds is 6. The van der Waals surface area contributed by atoms with E-state index in [-0.39, 0.29) is 0 Å². The van der Waals surface area contributed by atoms with Crippen LogP contribution in [-0.4, -0.2) is 21.1 Å². The van der Waals surface area contributed by atoms with E-state index in [1.807, 2.05) is 23.9 Å². The Hall–Kier alpha value is -1.68. The number of nitrogens with zero attached hydrogens (tertiary/aromatic N) is 3. The van der Waals surface area contributed by atoms with Crippen LogP contribution in [0.2, 0.25) is 0 Å². The second-order valence-corrected chi connectivity index (χ2v) is 6.28. The van der Waals surface area contributed by atoms with Crippen LogP contribution in [0.25, 0.3) is 5.82 Å². The van der Waals surface area contributed by atoms with E-state index in [4.69, 9.17) is 4.98 Å². The van der Waals surface area contributed by atoms with Crippen molar-refractivity contribution in [1.82, 2.24) is 19.9 Å². The fourth-order valence-electron chi connectivity index (χ4n) is 2.24. The number of hydrogen-bond acceptors (Lipinski definition) is 3. The van der Waals surface area contributed by atoms with Gasteiger partial charge in [-0.1, -0.05) is 27.7 Å². The van der Waals surface area contributed by atoms with Crippen LogP contribution in [0.15, 0.2) is 24.5 Å². The predicted octanol–water partition coefficient (Wildman–Crippen LogP) is 3.44. The molecule has 0 amide bonds. The van der Waals surface area contributed by atoms with Crippen LogP contribution < -0.4 is 5.32 Å². The topological polar surface area (TPSA) is 42.7 Å². The number of hydrogen-bond donors (Lipinski definition) is 1. The summed E-state index contributed by atoms with van der Waals surface area (Å²) in [5.41, 5.74) is 2.40. The van der Waals surface area contributed by atoms with E-state index in [1.165, 1.54) is 5.56 Å². The highest BCUT2D eigenvalue weighted by Crippen LogP contribution is 2.18. The summed E-state index contributed by atoms with van der Waals surface area (Å²) in [4.78, 5) is 9.06. The van der Waals surface area contributed by atoms with E-state index in [2.05, 4.69) is 50.1 Å². The van der Waals surface area contributed by atoms with E-state index in [0.29, 0.717) is 11.8 Å². The van der Waals surface area contributed by atoms with Crippen molar-refractivity contribution in [1.29, 1.82) is 0 Å².